The Bertz CT molecular complexity index is 1530. The second kappa shape index (κ2) is 9.34. The van der Waals surface area contributed by atoms with E-state index in [9.17, 15) is 20.2 Å². The molecule has 0 spiro atoms. The highest BCUT2D eigenvalue weighted by Crippen LogP contribution is 2.41. The van der Waals surface area contributed by atoms with Crippen LogP contribution in [0.1, 0.15) is 31.5 Å². The molecule has 0 saturated heterocycles. The summed E-state index contributed by atoms with van der Waals surface area (Å²) < 4.78 is 2.26. The summed E-state index contributed by atoms with van der Waals surface area (Å²) in [6, 6.07) is 25.9. The van der Waals surface area contributed by atoms with E-state index in [4.69, 9.17) is 0 Å². The molecule has 1 aliphatic carbocycles. The lowest BCUT2D eigenvalue weighted by atomic mass is 9.76. The minimum atomic E-state index is -0.657. The zero-order chi connectivity index (χ0) is 26.2. The van der Waals surface area contributed by atoms with Crippen molar-refractivity contribution in [3.63, 3.8) is 0 Å². The molecule has 0 fully saturated rings. The third-order valence-corrected chi connectivity index (χ3v) is 6.49. The molecule has 0 aliphatic heterocycles. The van der Waals surface area contributed by atoms with Crippen molar-refractivity contribution in [1.29, 1.82) is 0 Å². The van der Waals surface area contributed by atoms with Gasteiger partial charge in [-0.3, -0.25) is 25.7 Å². The highest BCUT2D eigenvalue weighted by Gasteiger charge is 2.34. The Morgan fingerprint density at radius 2 is 1.54 bits per heavy atom. The van der Waals surface area contributed by atoms with E-state index in [1.807, 2.05) is 36.4 Å². The number of hydrazone groups is 1. The van der Waals surface area contributed by atoms with Gasteiger partial charge >= 0.3 is 5.69 Å². The van der Waals surface area contributed by atoms with Crippen LogP contribution in [0.15, 0.2) is 90.0 Å². The van der Waals surface area contributed by atoms with Gasteiger partial charge in [-0.2, -0.15) is 5.10 Å². The fourth-order valence-electron chi connectivity index (χ4n) is 4.84. The van der Waals surface area contributed by atoms with E-state index in [0.29, 0.717) is 6.42 Å². The summed E-state index contributed by atoms with van der Waals surface area (Å²) in [5.74, 6) is 0. The molecule has 1 aromatic heterocycles. The standard InChI is InChI=1S/C28H25N5O4/c1-28(2)17-24(30-29-23-14-13-21(32(34)35)15-26(23)33(36)37)22-16-25(19-9-5-3-6-10-19)31(27(22)18-28)20-11-7-4-8-12-20/h3-16,29H,17-18H2,1-2H3. The minimum absolute atomic E-state index is 0.0961. The zero-order valence-corrected chi connectivity index (χ0v) is 20.4. The monoisotopic (exact) mass is 495 g/mol. The Hall–Kier alpha value is -4.79. The fraction of sp³-hybridized carbons (Fsp3) is 0.179. The Morgan fingerprint density at radius 3 is 2.19 bits per heavy atom. The maximum absolute atomic E-state index is 11.6. The van der Waals surface area contributed by atoms with Gasteiger partial charge in [0.2, 0.25) is 0 Å². The number of aromatic nitrogens is 1. The maximum Gasteiger partial charge on any atom is 0.301 e. The van der Waals surface area contributed by atoms with Crippen molar-refractivity contribution >= 4 is 22.8 Å². The molecule has 3 aromatic carbocycles. The Kier molecular flexibility index (Phi) is 6.04. The lowest BCUT2D eigenvalue weighted by molar-refractivity contribution is -0.393. The van der Waals surface area contributed by atoms with Crippen LogP contribution in [0.3, 0.4) is 0 Å². The Balaban J connectivity index is 1.65. The molecule has 0 saturated carbocycles. The number of hydrogen-bond donors (Lipinski definition) is 1. The summed E-state index contributed by atoms with van der Waals surface area (Å²) in [4.78, 5) is 21.4. The number of para-hydroxylation sites is 1. The van der Waals surface area contributed by atoms with Crippen molar-refractivity contribution < 1.29 is 9.85 Å². The fourth-order valence-corrected chi connectivity index (χ4v) is 4.84. The normalized spacial score (nSPS) is 15.2. The van der Waals surface area contributed by atoms with E-state index >= 15 is 0 Å². The first kappa shape index (κ1) is 23.9. The SMILES string of the molecule is CC1(C)CC(=NNc2ccc([N+](=O)[O-])cc2[N+](=O)[O-])c2cc(-c3ccccc3)n(-c3ccccc3)c2C1. The van der Waals surface area contributed by atoms with E-state index in [-0.39, 0.29) is 16.8 Å². The number of fused-ring (bicyclic) bond motifs is 1. The predicted octanol–water partition coefficient (Wildman–Crippen LogP) is 6.75. The van der Waals surface area contributed by atoms with Crippen molar-refractivity contribution in [2.75, 3.05) is 5.43 Å². The number of nitro benzene ring substituents is 2. The zero-order valence-electron chi connectivity index (χ0n) is 20.4. The molecular weight excluding hydrogens is 470 g/mol. The number of non-ortho nitro benzene ring substituents is 1. The van der Waals surface area contributed by atoms with Gasteiger partial charge in [-0.15, -0.1) is 0 Å². The number of rotatable bonds is 6. The number of benzene rings is 3. The maximum atomic E-state index is 11.6. The number of nitrogens with one attached hydrogen (secondary N) is 1. The van der Waals surface area contributed by atoms with Gasteiger partial charge in [-0.25, -0.2) is 0 Å². The van der Waals surface area contributed by atoms with Gasteiger partial charge < -0.3 is 4.57 Å². The lowest BCUT2D eigenvalue weighted by Crippen LogP contribution is -2.29. The van der Waals surface area contributed by atoms with Crippen molar-refractivity contribution in [2.45, 2.75) is 26.7 Å². The first-order valence-corrected chi connectivity index (χ1v) is 11.8. The van der Waals surface area contributed by atoms with Gasteiger partial charge in [0, 0.05) is 23.0 Å². The van der Waals surface area contributed by atoms with Crippen LogP contribution in [-0.4, -0.2) is 20.1 Å². The highest BCUT2D eigenvalue weighted by atomic mass is 16.6. The highest BCUT2D eigenvalue weighted by molar-refractivity contribution is 6.05. The van der Waals surface area contributed by atoms with Crippen LogP contribution >= 0.6 is 0 Å². The molecule has 1 N–H and O–H groups in total. The number of nitro groups is 2. The third kappa shape index (κ3) is 4.71. The van der Waals surface area contributed by atoms with E-state index < -0.39 is 15.5 Å². The van der Waals surface area contributed by atoms with Crippen LogP contribution in [0.4, 0.5) is 17.1 Å². The molecule has 4 aromatic rings. The molecule has 1 aliphatic rings. The Morgan fingerprint density at radius 1 is 0.865 bits per heavy atom. The van der Waals surface area contributed by atoms with E-state index in [1.165, 1.54) is 12.1 Å². The van der Waals surface area contributed by atoms with Gasteiger partial charge in [-0.05, 0) is 48.1 Å². The van der Waals surface area contributed by atoms with E-state index in [1.54, 1.807) is 0 Å². The molecule has 0 amide bonds. The minimum Gasteiger partial charge on any atom is -0.313 e. The molecule has 186 valence electrons. The molecule has 1 heterocycles. The first-order valence-electron chi connectivity index (χ1n) is 11.8. The molecule has 9 heteroatoms. The van der Waals surface area contributed by atoms with Gasteiger partial charge in [0.25, 0.3) is 5.69 Å². The number of anilines is 1. The van der Waals surface area contributed by atoms with Crippen molar-refractivity contribution in [2.24, 2.45) is 10.5 Å². The summed E-state index contributed by atoms with van der Waals surface area (Å²) in [7, 11) is 0. The topological polar surface area (TPSA) is 116 Å². The van der Waals surface area contributed by atoms with Crippen molar-refractivity contribution in [3.05, 3.63) is 116 Å². The third-order valence-electron chi connectivity index (χ3n) is 6.49. The van der Waals surface area contributed by atoms with Crippen LogP contribution in [0, 0.1) is 25.6 Å². The molecule has 0 atom stereocenters. The summed E-state index contributed by atoms with van der Waals surface area (Å²) in [6.07, 6.45) is 1.47. The predicted molar refractivity (Wildman–Crippen MR) is 143 cm³/mol. The summed E-state index contributed by atoms with van der Waals surface area (Å²) in [5.41, 5.74) is 8.05. The summed E-state index contributed by atoms with van der Waals surface area (Å²) in [6.45, 7) is 4.34. The molecule has 0 unspecified atom stereocenters. The largest absolute Gasteiger partial charge is 0.313 e. The van der Waals surface area contributed by atoms with Crippen LogP contribution in [0.25, 0.3) is 16.9 Å². The quantitative estimate of drug-likeness (QED) is 0.235. The van der Waals surface area contributed by atoms with Gasteiger partial charge in [0.15, 0.2) is 0 Å². The average molecular weight is 496 g/mol. The Labute approximate surface area is 213 Å². The number of hydrogen-bond acceptors (Lipinski definition) is 6. The molecule has 5 rings (SSSR count). The molecule has 0 radical (unpaired) electrons. The summed E-state index contributed by atoms with van der Waals surface area (Å²) in [5, 5.41) is 27.3. The average Bonchev–Trinajstić information content (AvgIpc) is 3.26. The van der Waals surface area contributed by atoms with E-state index in [0.717, 1.165) is 46.4 Å². The second-order valence-corrected chi connectivity index (χ2v) is 9.83. The summed E-state index contributed by atoms with van der Waals surface area (Å²) >= 11 is 0. The number of nitrogens with zero attached hydrogens (tertiary/aromatic N) is 4. The molecule has 9 nitrogen and oxygen atoms in total. The van der Waals surface area contributed by atoms with Crippen LogP contribution < -0.4 is 5.43 Å². The smallest absolute Gasteiger partial charge is 0.301 e. The van der Waals surface area contributed by atoms with Crippen molar-refractivity contribution in [3.8, 4) is 16.9 Å². The molecule has 0 bridgehead atoms. The first-order chi connectivity index (χ1) is 17.7. The lowest BCUT2D eigenvalue weighted by Gasteiger charge is -2.32. The van der Waals surface area contributed by atoms with Gasteiger partial charge in [0.05, 0.1) is 27.3 Å². The van der Waals surface area contributed by atoms with Crippen molar-refractivity contribution in [1.82, 2.24) is 4.57 Å². The molecule has 37 heavy (non-hydrogen) atoms. The second-order valence-electron chi connectivity index (χ2n) is 9.83. The van der Waals surface area contributed by atoms with Crippen LogP contribution in [0.2, 0.25) is 0 Å². The van der Waals surface area contributed by atoms with Gasteiger partial charge in [0.1, 0.15) is 5.69 Å². The molecular formula is C28H25N5O4. The van der Waals surface area contributed by atoms with Gasteiger partial charge in [-0.1, -0.05) is 62.4 Å². The van der Waals surface area contributed by atoms with Crippen LogP contribution in [0.5, 0.6) is 0 Å². The van der Waals surface area contributed by atoms with Crippen LogP contribution in [-0.2, 0) is 6.42 Å². The van der Waals surface area contributed by atoms with E-state index in [2.05, 4.69) is 59.3 Å².